The van der Waals surface area contributed by atoms with Crippen molar-refractivity contribution in [3.8, 4) is 0 Å². The van der Waals surface area contributed by atoms with E-state index >= 15 is 0 Å². The van der Waals surface area contributed by atoms with Crippen LogP contribution < -0.4 is 10.2 Å². The fourth-order valence-corrected chi connectivity index (χ4v) is 2.33. The number of methoxy groups -OCH3 is 1. The first-order valence-corrected chi connectivity index (χ1v) is 7.02. The Bertz CT molecular complexity index is 444. The van der Waals surface area contributed by atoms with Crippen LogP contribution in [0.3, 0.4) is 0 Å². The SMILES string of the molecule is CCC(Nc1ccccc1N1CCOCC1)C(=O)OC. The van der Waals surface area contributed by atoms with Crippen LogP contribution in [0.15, 0.2) is 24.3 Å². The van der Waals surface area contributed by atoms with Gasteiger partial charge >= 0.3 is 5.97 Å². The van der Waals surface area contributed by atoms with Gasteiger partial charge in [-0.3, -0.25) is 0 Å². The molecule has 20 heavy (non-hydrogen) atoms. The second-order valence-corrected chi connectivity index (χ2v) is 4.74. The number of para-hydroxylation sites is 2. The van der Waals surface area contributed by atoms with Gasteiger partial charge in [-0.1, -0.05) is 19.1 Å². The van der Waals surface area contributed by atoms with Crippen molar-refractivity contribution >= 4 is 17.3 Å². The minimum absolute atomic E-state index is 0.232. The highest BCUT2D eigenvalue weighted by Gasteiger charge is 2.20. The Kier molecular flexibility index (Phi) is 5.24. The lowest BCUT2D eigenvalue weighted by atomic mass is 10.1. The van der Waals surface area contributed by atoms with Gasteiger partial charge in [0.2, 0.25) is 0 Å². The molecule has 2 rings (SSSR count). The maximum atomic E-state index is 11.7. The Balaban J connectivity index is 2.16. The summed E-state index contributed by atoms with van der Waals surface area (Å²) >= 11 is 0. The molecule has 5 nitrogen and oxygen atoms in total. The zero-order chi connectivity index (χ0) is 14.4. The molecule has 0 bridgehead atoms. The van der Waals surface area contributed by atoms with Gasteiger partial charge in [0.05, 0.1) is 31.7 Å². The smallest absolute Gasteiger partial charge is 0.328 e. The maximum absolute atomic E-state index is 11.7. The van der Waals surface area contributed by atoms with Gasteiger partial charge in [-0.25, -0.2) is 4.79 Å². The number of benzene rings is 1. The van der Waals surface area contributed by atoms with Crippen LogP contribution in [0.5, 0.6) is 0 Å². The van der Waals surface area contributed by atoms with E-state index in [1.165, 1.54) is 7.11 Å². The monoisotopic (exact) mass is 278 g/mol. The summed E-state index contributed by atoms with van der Waals surface area (Å²) in [6.45, 7) is 5.18. The molecule has 1 N–H and O–H groups in total. The van der Waals surface area contributed by atoms with Crippen LogP contribution >= 0.6 is 0 Å². The van der Waals surface area contributed by atoms with Crippen LogP contribution in [-0.4, -0.2) is 45.4 Å². The Hall–Kier alpha value is -1.75. The van der Waals surface area contributed by atoms with Gasteiger partial charge < -0.3 is 19.7 Å². The van der Waals surface area contributed by atoms with Gasteiger partial charge in [0.15, 0.2) is 0 Å². The molecule has 1 aromatic carbocycles. The molecular weight excluding hydrogens is 256 g/mol. The number of hydrogen-bond donors (Lipinski definition) is 1. The number of morpholine rings is 1. The average molecular weight is 278 g/mol. The lowest BCUT2D eigenvalue weighted by Gasteiger charge is -2.31. The molecule has 1 atom stereocenters. The Morgan fingerprint density at radius 3 is 2.75 bits per heavy atom. The normalized spacial score (nSPS) is 16.6. The molecular formula is C15H22N2O3. The summed E-state index contributed by atoms with van der Waals surface area (Å²) in [7, 11) is 1.42. The van der Waals surface area contributed by atoms with Crippen molar-refractivity contribution in [1.82, 2.24) is 0 Å². The lowest BCUT2D eigenvalue weighted by Crippen LogP contribution is -2.37. The Morgan fingerprint density at radius 1 is 1.40 bits per heavy atom. The standard InChI is InChI=1S/C15H22N2O3/c1-3-12(15(18)19-2)16-13-6-4-5-7-14(13)17-8-10-20-11-9-17/h4-7,12,16H,3,8-11H2,1-2H3. The predicted octanol–water partition coefficient (Wildman–Crippen LogP) is 1.89. The first kappa shape index (κ1) is 14.7. The second kappa shape index (κ2) is 7.14. The van der Waals surface area contributed by atoms with Crippen molar-refractivity contribution in [1.29, 1.82) is 0 Å². The third-order valence-corrected chi connectivity index (χ3v) is 3.48. The van der Waals surface area contributed by atoms with E-state index in [4.69, 9.17) is 9.47 Å². The quantitative estimate of drug-likeness (QED) is 0.834. The summed E-state index contributed by atoms with van der Waals surface area (Å²) in [5.41, 5.74) is 2.07. The molecule has 1 aliphatic heterocycles. The highest BCUT2D eigenvalue weighted by molar-refractivity contribution is 5.81. The minimum Gasteiger partial charge on any atom is -0.467 e. The zero-order valence-corrected chi connectivity index (χ0v) is 12.1. The number of esters is 1. The molecule has 0 amide bonds. The van der Waals surface area contributed by atoms with Crippen molar-refractivity contribution in [3.05, 3.63) is 24.3 Å². The van der Waals surface area contributed by atoms with Gasteiger partial charge in [-0.05, 0) is 18.6 Å². The molecule has 0 saturated carbocycles. The van der Waals surface area contributed by atoms with E-state index in [-0.39, 0.29) is 12.0 Å². The van der Waals surface area contributed by atoms with Gasteiger partial charge in [0, 0.05) is 13.1 Å². The van der Waals surface area contributed by atoms with Crippen molar-refractivity contribution in [3.63, 3.8) is 0 Å². The second-order valence-electron chi connectivity index (χ2n) is 4.74. The summed E-state index contributed by atoms with van der Waals surface area (Å²) < 4.78 is 10.2. The number of anilines is 2. The minimum atomic E-state index is -0.317. The van der Waals surface area contributed by atoms with Crippen molar-refractivity contribution in [2.45, 2.75) is 19.4 Å². The molecule has 0 aliphatic carbocycles. The van der Waals surface area contributed by atoms with E-state index in [9.17, 15) is 4.79 Å². The number of rotatable bonds is 5. The number of carbonyl (C=O) groups excluding carboxylic acids is 1. The fourth-order valence-electron chi connectivity index (χ4n) is 2.33. The molecule has 0 spiro atoms. The summed E-state index contributed by atoms with van der Waals surface area (Å²) in [6.07, 6.45) is 0.685. The molecule has 5 heteroatoms. The van der Waals surface area contributed by atoms with E-state index in [2.05, 4.69) is 16.3 Å². The van der Waals surface area contributed by atoms with Crippen LogP contribution in [0.25, 0.3) is 0 Å². The molecule has 1 saturated heterocycles. The first-order valence-electron chi connectivity index (χ1n) is 7.02. The molecule has 110 valence electrons. The van der Waals surface area contributed by atoms with E-state index < -0.39 is 0 Å². The summed E-state index contributed by atoms with van der Waals surface area (Å²) in [5, 5.41) is 3.29. The molecule has 1 unspecified atom stereocenters. The van der Waals surface area contributed by atoms with Gasteiger partial charge in [0.25, 0.3) is 0 Å². The van der Waals surface area contributed by atoms with Gasteiger partial charge in [-0.2, -0.15) is 0 Å². The molecule has 0 radical (unpaired) electrons. The lowest BCUT2D eigenvalue weighted by molar-refractivity contribution is -0.141. The highest BCUT2D eigenvalue weighted by atomic mass is 16.5. The molecule has 0 aromatic heterocycles. The molecule has 1 aliphatic rings. The molecule has 1 aromatic rings. The number of hydrogen-bond acceptors (Lipinski definition) is 5. The van der Waals surface area contributed by atoms with Crippen LogP contribution in [0.1, 0.15) is 13.3 Å². The maximum Gasteiger partial charge on any atom is 0.328 e. The highest BCUT2D eigenvalue weighted by Crippen LogP contribution is 2.27. The van der Waals surface area contributed by atoms with E-state index in [0.29, 0.717) is 6.42 Å². The van der Waals surface area contributed by atoms with Crippen LogP contribution in [0, 0.1) is 0 Å². The Morgan fingerprint density at radius 2 is 2.10 bits per heavy atom. The summed E-state index contributed by atoms with van der Waals surface area (Å²) in [4.78, 5) is 14.0. The molecule has 1 heterocycles. The van der Waals surface area contributed by atoms with Crippen LogP contribution in [0.4, 0.5) is 11.4 Å². The fraction of sp³-hybridized carbons (Fsp3) is 0.533. The van der Waals surface area contributed by atoms with Crippen LogP contribution in [0.2, 0.25) is 0 Å². The zero-order valence-electron chi connectivity index (χ0n) is 12.1. The van der Waals surface area contributed by atoms with E-state index in [1.807, 2.05) is 25.1 Å². The van der Waals surface area contributed by atoms with Crippen LogP contribution in [-0.2, 0) is 14.3 Å². The number of ether oxygens (including phenoxy) is 2. The number of carbonyl (C=O) groups is 1. The van der Waals surface area contributed by atoms with E-state index in [1.54, 1.807) is 0 Å². The summed E-state index contributed by atoms with van der Waals surface area (Å²) in [5.74, 6) is -0.232. The van der Waals surface area contributed by atoms with Gasteiger partial charge in [-0.15, -0.1) is 0 Å². The third kappa shape index (κ3) is 3.42. The average Bonchev–Trinajstić information content (AvgIpc) is 2.53. The predicted molar refractivity (Wildman–Crippen MR) is 79.2 cm³/mol. The topological polar surface area (TPSA) is 50.8 Å². The number of nitrogens with one attached hydrogen (secondary N) is 1. The van der Waals surface area contributed by atoms with Crippen molar-refractivity contribution in [2.24, 2.45) is 0 Å². The van der Waals surface area contributed by atoms with Crippen molar-refractivity contribution in [2.75, 3.05) is 43.6 Å². The number of nitrogens with zero attached hydrogens (tertiary/aromatic N) is 1. The molecule has 1 fully saturated rings. The largest absolute Gasteiger partial charge is 0.467 e. The Labute approximate surface area is 119 Å². The first-order chi connectivity index (χ1) is 9.76. The van der Waals surface area contributed by atoms with E-state index in [0.717, 1.165) is 37.7 Å². The van der Waals surface area contributed by atoms with Gasteiger partial charge in [0.1, 0.15) is 6.04 Å². The third-order valence-electron chi connectivity index (χ3n) is 3.48. The van der Waals surface area contributed by atoms with Crippen molar-refractivity contribution < 1.29 is 14.3 Å². The summed E-state index contributed by atoms with van der Waals surface area (Å²) in [6, 6.07) is 7.72.